The third kappa shape index (κ3) is 6.05. The highest BCUT2D eigenvalue weighted by molar-refractivity contribution is 5.90. The van der Waals surface area contributed by atoms with E-state index in [0.717, 1.165) is 24.8 Å². The summed E-state index contributed by atoms with van der Waals surface area (Å²) in [5.74, 6) is -0.732. The maximum absolute atomic E-state index is 12.9. The maximum atomic E-state index is 12.9. The van der Waals surface area contributed by atoms with Gasteiger partial charge in [0.15, 0.2) is 0 Å². The van der Waals surface area contributed by atoms with Gasteiger partial charge >= 0.3 is 5.97 Å². The van der Waals surface area contributed by atoms with Crippen molar-refractivity contribution in [1.29, 1.82) is 0 Å². The van der Waals surface area contributed by atoms with E-state index in [-0.39, 0.29) is 18.2 Å². The molecule has 1 heterocycles. The van der Waals surface area contributed by atoms with Crippen molar-refractivity contribution in [2.24, 2.45) is 5.92 Å². The van der Waals surface area contributed by atoms with E-state index in [2.05, 4.69) is 5.32 Å². The fourth-order valence-corrected chi connectivity index (χ4v) is 4.59. The Morgan fingerprint density at radius 2 is 1.72 bits per heavy atom. The third-order valence-electron chi connectivity index (χ3n) is 6.26. The monoisotopic (exact) mass is 400 g/mol. The molecule has 0 bridgehead atoms. The molecule has 6 nitrogen and oxygen atoms in total. The molecule has 1 saturated heterocycles. The number of amides is 2. The number of carboxylic acids is 1. The lowest BCUT2D eigenvalue weighted by molar-refractivity contribution is -0.146. The minimum atomic E-state index is -1.06. The smallest absolute Gasteiger partial charge is 0.326 e. The number of nitrogens with zero attached hydrogens (tertiary/aromatic N) is 1. The standard InChI is InChI=1S/C23H32N2O4/c26-21(14-13-17-8-4-5-9-17)25-15-7-6-12-20(25)22(27)24-19(23(28)29)16-18-10-2-1-3-11-18/h1-3,10-11,17,19-20H,4-9,12-16H2,(H,24,27)(H,28,29)/t19-,20-/m0/s1. The number of carbonyl (C=O) groups is 3. The fourth-order valence-electron chi connectivity index (χ4n) is 4.59. The molecular formula is C23H32N2O4. The Morgan fingerprint density at radius 1 is 1.03 bits per heavy atom. The van der Waals surface area contributed by atoms with Gasteiger partial charge in [0.2, 0.25) is 11.8 Å². The summed E-state index contributed by atoms with van der Waals surface area (Å²) in [6.45, 7) is 0.581. The van der Waals surface area contributed by atoms with Crippen molar-refractivity contribution in [2.75, 3.05) is 6.54 Å². The molecular weight excluding hydrogens is 368 g/mol. The zero-order valence-electron chi connectivity index (χ0n) is 17.0. The minimum Gasteiger partial charge on any atom is -0.480 e. The topological polar surface area (TPSA) is 86.7 Å². The number of carboxylic acid groups (broad SMARTS) is 1. The summed E-state index contributed by atoms with van der Waals surface area (Å²) < 4.78 is 0. The maximum Gasteiger partial charge on any atom is 0.326 e. The Morgan fingerprint density at radius 3 is 2.41 bits per heavy atom. The lowest BCUT2D eigenvalue weighted by Crippen LogP contribution is -2.55. The number of aliphatic carboxylic acids is 1. The Bertz CT molecular complexity index is 700. The van der Waals surface area contributed by atoms with E-state index in [4.69, 9.17) is 0 Å². The van der Waals surface area contributed by atoms with Crippen LogP contribution in [0.25, 0.3) is 0 Å². The van der Waals surface area contributed by atoms with E-state index >= 15 is 0 Å². The van der Waals surface area contributed by atoms with Crippen LogP contribution in [0.15, 0.2) is 30.3 Å². The van der Waals surface area contributed by atoms with E-state index in [1.54, 1.807) is 4.90 Å². The molecule has 1 aromatic rings. The number of piperidine rings is 1. The fraction of sp³-hybridized carbons (Fsp3) is 0.609. The third-order valence-corrected chi connectivity index (χ3v) is 6.26. The number of rotatable bonds is 8. The van der Waals surface area contributed by atoms with Crippen molar-refractivity contribution in [3.8, 4) is 0 Å². The molecule has 2 amide bonds. The Balaban J connectivity index is 1.59. The van der Waals surface area contributed by atoms with Crippen molar-refractivity contribution >= 4 is 17.8 Å². The van der Waals surface area contributed by atoms with Crippen LogP contribution in [0, 0.1) is 5.92 Å². The SMILES string of the molecule is O=C(O)[C@H](Cc1ccccc1)NC(=O)[C@@H]1CCCCN1C(=O)CCC1CCCC1. The number of hydrogen-bond donors (Lipinski definition) is 2. The molecule has 0 spiro atoms. The van der Waals surface area contributed by atoms with Gasteiger partial charge in [-0.2, -0.15) is 0 Å². The summed E-state index contributed by atoms with van der Waals surface area (Å²) in [4.78, 5) is 39.1. The van der Waals surface area contributed by atoms with E-state index in [1.807, 2.05) is 30.3 Å². The first kappa shape index (κ1) is 21.3. The van der Waals surface area contributed by atoms with E-state index in [9.17, 15) is 19.5 Å². The van der Waals surface area contributed by atoms with Crippen LogP contribution in [0.5, 0.6) is 0 Å². The van der Waals surface area contributed by atoms with Gasteiger partial charge in [0.1, 0.15) is 12.1 Å². The number of likely N-dealkylation sites (tertiary alicyclic amines) is 1. The first-order valence-electron chi connectivity index (χ1n) is 10.9. The predicted octanol–water partition coefficient (Wildman–Crippen LogP) is 3.15. The molecule has 0 radical (unpaired) electrons. The number of benzene rings is 1. The molecule has 6 heteroatoms. The van der Waals surface area contributed by atoms with Crippen LogP contribution in [-0.4, -0.2) is 46.4 Å². The van der Waals surface area contributed by atoms with Crippen molar-refractivity contribution in [2.45, 2.75) is 76.3 Å². The zero-order chi connectivity index (χ0) is 20.6. The summed E-state index contributed by atoms with van der Waals surface area (Å²) in [5.41, 5.74) is 0.855. The van der Waals surface area contributed by atoms with Crippen molar-refractivity contribution in [3.05, 3.63) is 35.9 Å². The molecule has 3 rings (SSSR count). The second-order valence-electron chi connectivity index (χ2n) is 8.38. The first-order valence-corrected chi connectivity index (χ1v) is 10.9. The number of carbonyl (C=O) groups excluding carboxylic acids is 2. The Hall–Kier alpha value is -2.37. The highest BCUT2D eigenvalue weighted by Crippen LogP contribution is 2.29. The molecule has 0 aromatic heterocycles. The summed E-state index contributed by atoms with van der Waals surface area (Å²) in [5, 5.41) is 12.3. The summed E-state index contributed by atoms with van der Waals surface area (Å²) in [6, 6.07) is 7.71. The molecule has 158 valence electrons. The number of hydrogen-bond acceptors (Lipinski definition) is 3. The van der Waals surface area contributed by atoms with Gasteiger partial charge in [0.05, 0.1) is 0 Å². The molecule has 2 N–H and O–H groups in total. The van der Waals surface area contributed by atoms with Crippen LogP contribution in [0.2, 0.25) is 0 Å². The lowest BCUT2D eigenvalue weighted by atomic mass is 9.97. The molecule has 2 aliphatic rings. The highest BCUT2D eigenvalue weighted by atomic mass is 16.4. The van der Waals surface area contributed by atoms with Crippen molar-refractivity contribution < 1.29 is 19.5 Å². The molecule has 1 aliphatic heterocycles. The molecule has 2 atom stereocenters. The normalized spacial score (nSPS) is 21.0. The van der Waals surface area contributed by atoms with Gasteiger partial charge < -0.3 is 15.3 Å². The average molecular weight is 401 g/mol. The largest absolute Gasteiger partial charge is 0.480 e. The van der Waals surface area contributed by atoms with Crippen LogP contribution in [0.3, 0.4) is 0 Å². The molecule has 2 fully saturated rings. The predicted molar refractivity (Wildman–Crippen MR) is 110 cm³/mol. The van der Waals surface area contributed by atoms with Gasteiger partial charge in [-0.1, -0.05) is 56.0 Å². The van der Waals surface area contributed by atoms with Crippen LogP contribution >= 0.6 is 0 Å². The first-order chi connectivity index (χ1) is 14.0. The molecule has 1 aliphatic carbocycles. The van der Waals surface area contributed by atoms with Gasteiger partial charge in [-0.15, -0.1) is 0 Å². The van der Waals surface area contributed by atoms with Crippen LogP contribution in [-0.2, 0) is 20.8 Å². The molecule has 1 aromatic carbocycles. The van der Waals surface area contributed by atoms with Crippen LogP contribution < -0.4 is 5.32 Å². The number of nitrogens with one attached hydrogen (secondary N) is 1. The van der Waals surface area contributed by atoms with Crippen molar-refractivity contribution in [1.82, 2.24) is 10.2 Å². The van der Waals surface area contributed by atoms with E-state index in [0.29, 0.717) is 25.3 Å². The molecule has 29 heavy (non-hydrogen) atoms. The van der Waals surface area contributed by atoms with Gasteiger partial charge in [-0.3, -0.25) is 9.59 Å². The highest BCUT2D eigenvalue weighted by Gasteiger charge is 2.34. The summed E-state index contributed by atoms with van der Waals surface area (Å²) in [7, 11) is 0. The summed E-state index contributed by atoms with van der Waals surface area (Å²) in [6.07, 6.45) is 8.90. The van der Waals surface area contributed by atoms with E-state index in [1.165, 1.54) is 25.7 Å². The minimum absolute atomic E-state index is 0.0340. The van der Waals surface area contributed by atoms with Gasteiger partial charge in [0, 0.05) is 19.4 Å². The van der Waals surface area contributed by atoms with Crippen LogP contribution in [0.1, 0.15) is 63.4 Å². The Kier molecular flexibility index (Phi) is 7.67. The van der Waals surface area contributed by atoms with E-state index < -0.39 is 18.1 Å². The molecule has 0 unspecified atom stereocenters. The molecule has 1 saturated carbocycles. The second kappa shape index (κ2) is 10.4. The quantitative estimate of drug-likeness (QED) is 0.702. The zero-order valence-corrected chi connectivity index (χ0v) is 17.0. The van der Waals surface area contributed by atoms with Gasteiger partial charge in [0.25, 0.3) is 0 Å². The average Bonchev–Trinajstić information content (AvgIpc) is 3.26. The summed E-state index contributed by atoms with van der Waals surface area (Å²) >= 11 is 0. The second-order valence-corrected chi connectivity index (χ2v) is 8.38. The van der Waals surface area contributed by atoms with Gasteiger partial charge in [-0.05, 0) is 37.2 Å². The van der Waals surface area contributed by atoms with Crippen LogP contribution in [0.4, 0.5) is 0 Å². The Labute approximate surface area is 172 Å². The van der Waals surface area contributed by atoms with Gasteiger partial charge in [-0.25, -0.2) is 4.79 Å². The lowest BCUT2D eigenvalue weighted by Gasteiger charge is -2.35. The van der Waals surface area contributed by atoms with Crippen molar-refractivity contribution in [3.63, 3.8) is 0 Å².